The summed E-state index contributed by atoms with van der Waals surface area (Å²) < 4.78 is 0. The third-order valence-electron chi connectivity index (χ3n) is 2.17. The number of likely N-dealkylation sites (N-methyl/N-ethyl adjacent to an activating group) is 1. The van der Waals surface area contributed by atoms with Crippen molar-refractivity contribution in [2.24, 2.45) is 0 Å². The van der Waals surface area contributed by atoms with Gasteiger partial charge in [0.1, 0.15) is 6.29 Å². The summed E-state index contributed by atoms with van der Waals surface area (Å²) in [5.74, 6) is 0. The number of rotatable bonds is 3. The Balaban J connectivity index is 0.000000583. The first kappa shape index (κ1) is 13.8. The number of carbonyl (C=O) groups excluding carboxylic acids is 1. The maximum absolute atomic E-state index is 8.81. The van der Waals surface area contributed by atoms with Gasteiger partial charge in [0, 0.05) is 5.54 Å². The van der Waals surface area contributed by atoms with Crippen LogP contribution in [-0.4, -0.2) is 18.9 Å². The van der Waals surface area contributed by atoms with Crippen LogP contribution in [-0.2, 0) is 11.2 Å². The summed E-state index contributed by atoms with van der Waals surface area (Å²) in [6.45, 7) is 5.86. The molecule has 0 saturated heterocycles. The predicted octanol–water partition coefficient (Wildman–Crippen LogP) is 2.43. The van der Waals surface area contributed by atoms with Gasteiger partial charge in [-0.2, -0.15) is 0 Å². The highest BCUT2D eigenvalue weighted by Gasteiger charge is 2.14. The average molecular weight is 207 g/mol. The van der Waals surface area contributed by atoms with Crippen molar-refractivity contribution in [2.45, 2.75) is 32.7 Å². The number of aldehydes is 1. The number of benzene rings is 1. The quantitative estimate of drug-likeness (QED) is 0.771. The molecule has 0 heterocycles. The zero-order valence-corrected chi connectivity index (χ0v) is 10.1. The van der Waals surface area contributed by atoms with Crippen molar-refractivity contribution < 1.29 is 4.79 Å². The minimum Gasteiger partial charge on any atom is -0.314 e. The molecule has 0 atom stereocenters. The van der Waals surface area contributed by atoms with Gasteiger partial charge in [-0.15, -0.1) is 0 Å². The summed E-state index contributed by atoms with van der Waals surface area (Å²) in [6, 6.07) is 10.6. The molecule has 1 N–H and O–H groups in total. The fourth-order valence-corrected chi connectivity index (χ4v) is 1.19. The molecule has 0 aliphatic rings. The van der Waals surface area contributed by atoms with E-state index in [4.69, 9.17) is 4.79 Å². The summed E-state index contributed by atoms with van der Waals surface area (Å²) in [7, 11) is 2.00. The van der Waals surface area contributed by atoms with E-state index in [0.29, 0.717) is 0 Å². The van der Waals surface area contributed by atoms with Gasteiger partial charge in [-0.05, 0) is 39.8 Å². The van der Waals surface area contributed by atoms with E-state index in [1.54, 1.807) is 0 Å². The molecule has 0 aromatic heterocycles. The SMILES string of the molecule is CC=O.CNC(C)(C)Cc1ccccc1. The van der Waals surface area contributed by atoms with Crippen molar-refractivity contribution in [1.82, 2.24) is 5.32 Å². The maximum Gasteiger partial charge on any atom is 0.116 e. The Labute approximate surface area is 92.7 Å². The molecule has 0 bridgehead atoms. The molecule has 84 valence electrons. The predicted molar refractivity (Wildman–Crippen MR) is 65.0 cm³/mol. The fourth-order valence-electron chi connectivity index (χ4n) is 1.19. The average Bonchev–Trinajstić information content (AvgIpc) is 2.20. The first-order chi connectivity index (χ1) is 7.05. The largest absolute Gasteiger partial charge is 0.314 e. The van der Waals surface area contributed by atoms with E-state index in [9.17, 15) is 0 Å². The standard InChI is InChI=1S/C11H17N.C2H4O/c1-11(2,12-3)9-10-7-5-4-6-8-10;1-2-3/h4-8,12H,9H2,1-3H3;2H,1H3. The zero-order valence-electron chi connectivity index (χ0n) is 10.1. The highest BCUT2D eigenvalue weighted by atomic mass is 16.1. The molecule has 2 heteroatoms. The normalized spacial score (nSPS) is 10.1. The van der Waals surface area contributed by atoms with Crippen LogP contribution in [0.4, 0.5) is 0 Å². The van der Waals surface area contributed by atoms with Gasteiger partial charge in [0.25, 0.3) is 0 Å². The Morgan fingerprint density at radius 2 is 1.73 bits per heavy atom. The van der Waals surface area contributed by atoms with Crippen LogP contribution < -0.4 is 5.32 Å². The molecule has 1 aromatic carbocycles. The molecule has 2 nitrogen and oxygen atoms in total. The van der Waals surface area contributed by atoms with Gasteiger partial charge < -0.3 is 10.1 Å². The summed E-state index contributed by atoms with van der Waals surface area (Å²) in [5.41, 5.74) is 1.58. The van der Waals surface area contributed by atoms with Crippen LogP contribution in [0, 0.1) is 0 Å². The van der Waals surface area contributed by atoms with E-state index >= 15 is 0 Å². The molecular weight excluding hydrogens is 186 g/mol. The monoisotopic (exact) mass is 207 g/mol. The van der Waals surface area contributed by atoms with Crippen LogP contribution >= 0.6 is 0 Å². The molecule has 0 amide bonds. The second-order valence-electron chi connectivity index (χ2n) is 4.03. The van der Waals surface area contributed by atoms with E-state index < -0.39 is 0 Å². The summed E-state index contributed by atoms with van der Waals surface area (Å²) in [4.78, 5) is 8.81. The number of nitrogens with one attached hydrogen (secondary N) is 1. The molecule has 0 unspecified atom stereocenters. The first-order valence-corrected chi connectivity index (χ1v) is 5.18. The molecule has 0 spiro atoms. The van der Waals surface area contributed by atoms with Gasteiger partial charge in [0.05, 0.1) is 0 Å². The molecule has 15 heavy (non-hydrogen) atoms. The molecular formula is C13H21NO. The van der Waals surface area contributed by atoms with Crippen molar-refractivity contribution >= 4 is 6.29 Å². The summed E-state index contributed by atoms with van der Waals surface area (Å²) in [5, 5.41) is 3.29. The van der Waals surface area contributed by atoms with Gasteiger partial charge in [-0.1, -0.05) is 30.3 Å². The Hall–Kier alpha value is -1.15. The Morgan fingerprint density at radius 1 is 1.27 bits per heavy atom. The fraction of sp³-hybridized carbons (Fsp3) is 0.462. The van der Waals surface area contributed by atoms with E-state index in [1.807, 2.05) is 7.05 Å². The third-order valence-corrected chi connectivity index (χ3v) is 2.17. The van der Waals surface area contributed by atoms with Gasteiger partial charge >= 0.3 is 0 Å². The molecule has 1 aromatic rings. The van der Waals surface area contributed by atoms with Crippen LogP contribution in [0.15, 0.2) is 30.3 Å². The second kappa shape index (κ2) is 7.18. The minimum absolute atomic E-state index is 0.196. The molecule has 0 radical (unpaired) electrons. The summed E-state index contributed by atoms with van der Waals surface area (Å²) >= 11 is 0. The molecule has 0 fully saturated rings. The molecule has 0 saturated carbocycles. The topological polar surface area (TPSA) is 29.1 Å². The highest BCUT2D eigenvalue weighted by Crippen LogP contribution is 2.10. The zero-order chi connectivity index (χ0) is 11.7. The number of hydrogen-bond acceptors (Lipinski definition) is 2. The Bertz CT molecular complexity index is 267. The van der Waals surface area contributed by atoms with Crippen molar-refractivity contribution in [3.05, 3.63) is 35.9 Å². The second-order valence-corrected chi connectivity index (χ2v) is 4.03. The number of hydrogen-bond donors (Lipinski definition) is 1. The third kappa shape index (κ3) is 6.86. The Morgan fingerprint density at radius 3 is 2.13 bits per heavy atom. The highest BCUT2D eigenvalue weighted by molar-refractivity contribution is 5.44. The van der Waals surface area contributed by atoms with Crippen molar-refractivity contribution in [1.29, 1.82) is 0 Å². The molecule has 0 aliphatic heterocycles. The van der Waals surface area contributed by atoms with E-state index in [-0.39, 0.29) is 5.54 Å². The Kier molecular flexibility index (Phi) is 6.63. The van der Waals surface area contributed by atoms with Crippen molar-refractivity contribution in [3.63, 3.8) is 0 Å². The van der Waals surface area contributed by atoms with Crippen LogP contribution in [0.25, 0.3) is 0 Å². The van der Waals surface area contributed by atoms with Gasteiger partial charge in [-0.25, -0.2) is 0 Å². The van der Waals surface area contributed by atoms with Crippen LogP contribution in [0.5, 0.6) is 0 Å². The minimum atomic E-state index is 0.196. The summed E-state index contributed by atoms with van der Waals surface area (Å²) in [6.07, 6.45) is 1.82. The lowest BCUT2D eigenvalue weighted by Gasteiger charge is -2.23. The lowest BCUT2D eigenvalue weighted by Crippen LogP contribution is -2.38. The maximum atomic E-state index is 8.81. The first-order valence-electron chi connectivity index (χ1n) is 5.18. The van der Waals surface area contributed by atoms with Crippen molar-refractivity contribution in [2.75, 3.05) is 7.05 Å². The lowest BCUT2D eigenvalue weighted by molar-refractivity contribution is -0.106. The molecule has 1 rings (SSSR count). The van der Waals surface area contributed by atoms with Crippen LogP contribution in [0.1, 0.15) is 26.3 Å². The van der Waals surface area contributed by atoms with Crippen LogP contribution in [0.2, 0.25) is 0 Å². The van der Waals surface area contributed by atoms with Gasteiger partial charge in [0.2, 0.25) is 0 Å². The van der Waals surface area contributed by atoms with E-state index in [1.165, 1.54) is 12.5 Å². The van der Waals surface area contributed by atoms with E-state index in [2.05, 4.69) is 49.5 Å². The number of carbonyl (C=O) groups is 1. The van der Waals surface area contributed by atoms with Crippen molar-refractivity contribution in [3.8, 4) is 0 Å². The van der Waals surface area contributed by atoms with Gasteiger partial charge in [0.15, 0.2) is 0 Å². The van der Waals surface area contributed by atoms with Gasteiger partial charge in [-0.3, -0.25) is 0 Å². The van der Waals surface area contributed by atoms with Crippen LogP contribution in [0.3, 0.4) is 0 Å². The lowest BCUT2D eigenvalue weighted by atomic mass is 9.95. The smallest absolute Gasteiger partial charge is 0.116 e. The van der Waals surface area contributed by atoms with E-state index in [0.717, 1.165) is 12.7 Å². The molecule has 0 aliphatic carbocycles.